The lowest BCUT2D eigenvalue weighted by atomic mass is 10.1. The van der Waals surface area contributed by atoms with Crippen LogP contribution in [0.5, 0.6) is 0 Å². The van der Waals surface area contributed by atoms with Crippen LogP contribution < -0.4 is 0 Å². The van der Waals surface area contributed by atoms with Crippen LogP contribution in [0.1, 0.15) is 78.6 Å². The third-order valence-electron chi connectivity index (χ3n) is 4.13. The average Bonchev–Trinajstić information content (AvgIpc) is 2.55. The van der Waals surface area contributed by atoms with Gasteiger partial charge < -0.3 is 17.7 Å². The van der Waals surface area contributed by atoms with Gasteiger partial charge in [0.25, 0.3) is 5.97 Å². The van der Waals surface area contributed by atoms with Gasteiger partial charge in [0.1, 0.15) is 0 Å². The van der Waals surface area contributed by atoms with Crippen molar-refractivity contribution in [3.05, 3.63) is 0 Å². The van der Waals surface area contributed by atoms with Crippen LogP contribution in [0.4, 0.5) is 0 Å². The first-order valence-electron chi connectivity index (χ1n) is 10.9. The van der Waals surface area contributed by atoms with E-state index in [2.05, 4.69) is 19.6 Å². The summed E-state index contributed by atoms with van der Waals surface area (Å²) in [5.74, 6) is -0.0142. The molecule has 0 rings (SSSR count). The predicted molar refractivity (Wildman–Crippen MR) is 116 cm³/mol. The number of carbonyl (C=O) groups is 1. The summed E-state index contributed by atoms with van der Waals surface area (Å²) in [6.07, 6.45) is 9.90. The van der Waals surface area contributed by atoms with Crippen LogP contribution in [-0.4, -0.2) is 42.9 Å². The quantitative estimate of drug-likeness (QED) is 0.203. The molecule has 27 heavy (non-hydrogen) atoms. The molecule has 0 aromatic rings. The highest BCUT2D eigenvalue weighted by Crippen LogP contribution is 2.21. The van der Waals surface area contributed by atoms with Crippen molar-refractivity contribution in [1.29, 1.82) is 0 Å². The summed E-state index contributed by atoms with van der Waals surface area (Å²) in [5.41, 5.74) is 0. The summed E-state index contributed by atoms with van der Waals surface area (Å²) in [6, 6.07) is 0.918. The summed E-state index contributed by atoms with van der Waals surface area (Å²) in [6.45, 7) is 14.1. The Morgan fingerprint density at radius 3 is 1.48 bits per heavy atom. The topological polar surface area (TPSA) is 54.0 Å². The number of unbranched alkanes of at least 4 members (excludes halogenated alkanes) is 7. The lowest BCUT2D eigenvalue weighted by Gasteiger charge is -2.28. The Morgan fingerprint density at radius 2 is 1.07 bits per heavy atom. The van der Waals surface area contributed by atoms with Gasteiger partial charge >= 0.3 is 8.80 Å². The minimum Gasteiger partial charge on any atom is -0.520 e. The minimum atomic E-state index is -2.45. The summed E-state index contributed by atoms with van der Waals surface area (Å²) in [5, 5.41) is 0. The van der Waals surface area contributed by atoms with E-state index in [1.54, 1.807) is 0 Å². The summed E-state index contributed by atoms with van der Waals surface area (Å²) >= 11 is 0. The lowest BCUT2D eigenvalue weighted by Crippen LogP contribution is -2.45. The average molecular weight is 421 g/mol. The summed E-state index contributed by atoms with van der Waals surface area (Å²) < 4.78 is 23.1. The fourth-order valence-electron chi connectivity index (χ4n) is 3.07. The molecule has 0 radical (unpaired) electrons. The molecule has 0 saturated carbocycles. The highest BCUT2D eigenvalue weighted by molar-refractivity contribution is 6.71. The fraction of sp³-hybridized carbons (Fsp3) is 0.950. The zero-order valence-corrected chi connectivity index (χ0v) is 20.7. The van der Waals surface area contributed by atoms with Crippen LogP contribution in [-0.2, 0) is 22.5 Å². The van der Waals surface area contributed by atoms with Gasteiger partial charge in [0, 0.05) is 32.3 Å². The largest absolute Gasteiger partial charge is 0.520 e. The molecule has 162 valence electrons. The van der Waals surface area contributed by atoms with E-state index in [1.807, 2.05) is 20.8 Å². The van der Waals surface area contributed by atoms with Crippen molar-refractivity contribution in [2.75, 3.05) is 19.8 Å². The van der Waals surface area contributed by atoms with Crippen LogP contribution in [0.15, 0.2) is 0 Å². The lowest BCUT2D eigenvalue weighted by molar-refractivity contribution is -0.135. The summed E-state index contributed by atoms with van der Waals surface area (Å²) in [4.78, 5) is 11.7. The minimum absolute atomic E-state index is 0.0142. The van der Waals surface area contributed by atoms with E-state index in [9.17, 15) is 4.79 Å². The second-order valence-corrected chi connectivity index (χ2v) is 15.1. The first-order chi connectivity index (χ1) is 12.8. The van der Waals surface area contributed by atoms with Crippen LogP contribution in [0.2, 0.25) is 25.7 Å². The molecule has 0 atom stereocenters. The highest BCUT2D eigenvalue weighted by Gasteiger charge is 2.39. The molecule has 0 saturated heterocycles. The molecule has 0 amide bonds. The first-order valence-corrected chi connectivity index (χ1v) is 16.3. The fourth-order valence-corrected chi connectivity index (χ4v) is 6.54. The SMILES string of the molecule is CCO[Si](CCCCCCCCCCC(=O)O[Si](C)(C)C)(OCC)OCC. The normalized spacial score (nSPS) is 12.4. The molecule has 0 aromatic carbocycles. The first kappa shape index (κ1) is 26.8. The second kappa shape index (κ2) is 15.7. The molecule has 0 bridgehead atoms. The van der Waals surface area contributed by atoms with Gasteiger partial charge in [-0.25, -0.2) is 0 Å². The van der Waals surface area contributed by atoms with Crippen LogP contribution in [0.25, 0.3) is 0 Å². The zero-order valence-electron chi connectivity index (χ0n) is 18.7. The van der Waals surface area contributed by atoms with Gasteiger partial charge in [0.15, 0.2) is 0 Å². The Balaban J connectivity index is 3.71. The Kier molecular flexibility index (Phi) is 15.6. The maximum Gasteiger partial charge on any atom is 0.500 e. The molecule has 0 heterocycles. The molecule has 0 aromatic heterocycles. The second-order valence-electron chi connectivity index (χ2n) is 7.90. The van der Waals surface area contributed by atoms with Crippen molar-refractivity contribution in [2.45, 2.75) is 104 Å². The molecule has 0 aliphatic heterocycles. The number of hydrogen-bond donors (Lipinski definition) is 0. The molecule has 0 N–H and O–H groups in total. The standard InChI is InChI=1S/C20H44O5Si2/c1-7-22-27(23-8-2,24-9-3)19-17-15-13-11-10-12-14-16-18-20(21)25-26(4,5)6/h7-19H2,1-6H3. The number of hydrogen-bond acceptors (Lipinski definition) is 5. The monoisotopic (exact) mass is 420 g/mol. The smallest absolute Gasteiger partial charge is 0.500 e. The third-order valence-corrected chi connectivity index (χ3v) is 8.12. The molecule has 0 aliphatic rings. The van der Waals surface area contributed by atoms with Crippen molar-refractivity contribution in [3.63, 3.8) is 0 Å². The van der Waals surface area contributed by atoms with Gasteiger partial charge in [0.2, 0.25) is 8.32 Å². The molecule has 5 nitrogen and oxygen atoms in total. The van der Waals surface area contributed by atoms with Gasteiger partial charge in [-0.05, 0) is 53.3 Å². The molecule has 7 heteroatoms. The number of rotatable bonds is 18. The summed E-state index contributed by atoms with van der Waals surface area (Å²) in [7, 11) is -4.17. The third kappa shape index (κ3) is 15.4. The van der Waals surface area contributed by atoms with Gasteiger partial charge in [0.05, 0.1) is 0 Å². The van der Waals surface area contributed by atoms with Crippen LogP contribution >= 0.6 is 0 Å². The van der Waals surface area contributed by atoms with Crippen molar-refractivity contribution in [2.24, 2.45) is 0 Å². The van der Waals surface area contributed by atoms with E-state index in [-0.39, 0.29) is 5.97 Å². The van der Waals surface area contributed by atoms with Crippen LogP contribution in [0.3, 0.4) is 0 Å². The van der Waals surface area contributed by atoms with Crippen molar-refractivity contribution < 1.29 is 22.5 Å². The Labute approximate surface area is 170 Å². The Hall–Kier alpha value is -0.216. The van der Waals surface area contributed by atoms with E-state index >= 15 is 0 Å². The highest BCUT2D eigenvalue weighted by atomic mass is 28.4. The number of carbonyl (C=O) groups excluding carboxylic acids is 1. The Bertz CT molecular complexity index is 355. The predicted octanol–water partition coefficient (Wildman–Crippen LogP) is 5.92. The van der Waals surface area contributed by atoms with Crippen LogP contribution in [0, 0.1) is 0 Å². The van der Waals surface area contributed by atoms with E-state index < -0.39 is 17.1 Å². The van der Waals surface area contributed by atoms with E-state index in [0.717, 1.165) is 25.3 Å². The van der Waals surface area contributed by atoms with Gasteiger partial charge in [-0.1, -0.05) is 38.5 Å². The molecule has 0 spiro atoms. The molecular formula is C20H44O5Si2. The molecular weight excluding hydrogens is 376 g/mol. The molecule has 0 aliphatic carbocycles. The van der Waals surface area contributed by atoms with E-state index in [0.29, 0.717) is 26.2 Å². The van der Waals surface area contributed by atoms with Gasteiger partial charge in [-0.3, -0.25) is 4.79 Å². The molecule has 0 fully saturated rings. The van der Waals surface area contributed by atoms with Gasteiger partial charge in [-0.2, -0.15) is 0 Å². The van der Waals surface area contributed by atoms with Crippen molar-refractivity contribution >= 4 is 23.1 Å². The molecule has 0 unspecified atom stereocenters. The maximum absolute atomic E-state index is 11.7. The Morgan fingerprint density at radius 1 is 0.667 bits per heavy atom. The van der Waals surface area contributed by atoms with E-state index in [4.69, 9.17) is 17.7 Å². The van der Waals surface area contributed by atoms with Crippen molar-refractivity contribution in [3.8, 4) is 0 Å². The maximum atomic E-state index is 11.7. The van der Waals surface area contributed by atoms with Gasteiger partial charge in [-0.15, -0.1) is 0 Å². The van der Waals surface area contributed by atoms with E-state index in [1.165, 1.54) is 32.1 Å². The van der Waals surface area contributed by atoms with Crippen molar-refractivity contribution in [1.82, 2.24) is 0 Å². The zero-order chi connectivity index (χ0) is 20.6.